The number of nitrogens with zero attached hydrogens (tertiary/aromatic N) is 3. The third-order valence-corrected chi connectivity index (χ3v) is 1.86. The van der Waals surface area contributed by atoms with Crippen LogP contribution in [0.2, 0.25) is 5.28 Å². The molecule has 1 aromatic rings. The largest absolute Gasteiger partial charge is 0.461 e. The number of nitrogens with one attached hydrogen (secondary N) is 1. The summed E-state index contributed by atoms with van der Waals surface area (Å²) in [5.74, 6) is 0.410. The molecule has 1 N–H and O–H groups in total. The van der Waals surface area contributed by atoms with Crippen LogP contribution in [-0.4, -0.2) is 40.8 Å². The highest BCUT2D eigenvalue weighted by Crippen LogP contribution is 2.10. The summed E-state index contributed by atoms with van der Waals surface area (Å²) in [6.07, 6.45) is 0.179. The van der Waals surface area contributed by atoms with E-state index in [1.54, 1.807) is 0 Å². The molecule has 0 aliphatic carbocycles. The van der Waals surface area contributed by atoms with Gasteiger partial charge in [-0.3, -0.25) is 0 Å². The SMILES string of the molecule is CCNc1nc(Cl)nc(OCCOC(C)C)n1. The van der Waals surface area contributed by atoms with Gasteiger partial charge in [-0.05, 0) is 32.4 Å². The first kappa shape index (κ1) is 13.9. The lowest BCUT2D eigenvalue weighted by atomic mass is 10.5. The van der Waals surface area contributed by atoms with Gasteiger partial charge in [-0.1, -0.05) is 0 Å². The first-order valence-electron chi connectivity index (χ1n) is 5.51. The summed E-state index contributed by atoms with van der Waals surface area (Å²) >= 11 is 5.74. The molecular weight excluding hydrogens is 244 g/mol. The minimum absolute atomic E-state index is 0.107. The van der Waals surface area contributed by atoms with E-state index in [1.807, 2.05) is 20.8 Å². The molecule has 1 heterocycles. The quantitative estimate of drug-likeness (QED) is 0.754. The second-order valence-corrected chi connectivity index (χ2v) is 3.85. The second kappa shape index (κ2) is 7.24. The summed E-state index contributed by atoms with van der Waals surface area (Å²) in [7, 11) is 0. The minimum Gasteiger partial charge on any atom is -0.461 e. The Labute approximate surface area is 106 Å². The average Bonchev–Trinajstić information content (AvgIpc) is 2.24. The number of aromatic nitrogens is 3. The molecule has 1 aromatic heterocycles. The van der Waals surface area contributed by atoms with Crippen LogP contribution >= 0.6 is 11.6 Å². The van der Waals surface area contributed by atoms with Crippen LogP contribution in [-0.2, 0) is 4.74 Å². The standard InChI is InChI=1S/C10H17ClN4O2/c1-4-12-9-13-8(11)14-10(15-9)17-6-5-16-7(2)3/h7H,4-6H2,1-3H3,(H,12,13,14,15). The first-order valence-corrected chi connectivity index (χ1v) is 5.89. The van der Waals surface area contributed by atoms with Crippen LogP contribution in [0.25, 0.3) is 0 Å². The summed E-state index contributed by atoms with van der Waals surface area (Å²) < 4.78 is 10.6. The zero-order valence-corrected chi connectivity index (χ0v) is 11.0. The molecule has 17 heavy (non-hydrogen) atoms. The normalized spacial score (nSPS) is 10.6. The lowest BCUT2D eigenvalue weighted by Gasteiger charge is -2.08. The zero-order chi connectivity index (χ0) is 12.7. The van der Waals surface area contributed by atoms with Gasteiger partial charge in [0.25, 0.3) is 0 Å². The van der Waals surface area contributed by atoms with Gasteiger partial charge in [0.15, 0.2) is 0 Å². The molecule has 6 nitrogen and oxygen atoms in total. The summed E-state index contributed by atoms with van der Waals surface area (Å²) in [5, 5.41) is 3.05. The van der Waals surface area contributed by atoms with Crippen molar-refractivity contribution in [2.24, 2.45) is 0 Å². The molecule has 96 valence electrons. The number of hydrogen-bond acceptors (Lipinski definition) is 6. The molecule has 0 aliphatic heterocycles. The Morgan fingerprint density at radius 1 is 1.24 bits per heavy atom. The highest BCUT2D eigenvalue weighted by Gasteiger charge is 2.05. The van der Waals surface area contributed by atoms with Gasteiger partial charge in [0, 0.05) is 6.54 Å². The van der Waals surface area contributed by atoms with Crippen molar-refractivity contribution >= 4 is 17.5 Å². The molecule has 0 saturated carbocycles. The Kier molecular flexibility index (Phi) is 5.93. The minimum atomic E-state index is 0.107. The van der Waals surface area contributed by atoms with E-state index in [-0.39, 0.29) is 17.4 Å². The molecule has 0 radical (unpaired) electrons. The topological polar surface area (TPSA) is 69.2 Å². The van der Waals surface area contributed by atoms with Gasteiger partial charge < -0.3 is 14.8 Å². The molecule has 0 amide bonds. The van der Waals surface area contributed by atoms with Gasteiger partial charge in [0.2, 0.25) is 11.2 Å². The Hall–Kier alpha value is -1.14. The lowest BCUT2D eigenvalue weighted by Crippen LogP contribution is -2.13. The van der Waals surface area contributed by atoms with E-state index < -0.39 is 0 Å². The van der Waals surface area contributed by atoms with Crippen LogP contribution in [0.5, 0.6) is 6.01 Å². The molecule has 0 bridgehead atoms. The second-order valence-electron chi connectivity index (χ2n) is 3.51. The van der Waals surface area contributed by atoms with E-state index in [1.165, 1.54) is 0 Å². The van der Waals surface area contributed by atoms with Crippen molar-refractivity contribution in [3.63, 3.8) is 0 Å². The number of ether oxygens (including phenoxy) is 2. The maximum Gasteiger partial charge on any atom is 0.322 e. The summed E-state index contributed by atoms with van der Waals surface area (Å²) in [4.78, 5) is 11.8. The smallest absolute Gasteiger partial charge is 0.322 e. The predicted octanol–water partition coefficient (Wildman–Crippen LogP) is 1.76. The van der Waals surface area contributed by atoms with Crippen molar-refractivity contribution in [3.8, 4) is 6.01 Å². The molecule has 0 unspecified atom stereocenters. The predicted molar refractivity (Wildman–Crippen MR) is 65.6 cm³/mol. The fraction of sp³-hybridized carbons (Fsp3) is 0.700. The van der Waals surface area contributed by atoms with Crippen LogP contribution < -0.4 is 10.1 Å². The van der Waals surface area contributed by atoms with E-state index in [0.717, 1.165) is 0 Å². The fourth-order valence-corrected chi connectivity index (χ4v) is 1.20. The van der Waals surface area contributed by atoms with E-state index in [4.69, 9.17) is 21.1 Å². The molecule has 0 fully saturated rings. The number of anilines is 1. The maximum atomic E-state index is 5.74. The number of hydrogen-bond donors (Lipinski definition) is 1. The molecular formula is C10H17ClN4O2. The van der Waals surface area contributed by atoms with E-state index in [9.17, 15) is 0 Å². The number of rotatable bonds is 7. The Bertz CT molecular complexity index is 349. The van der Waals surface area contributed by atoms with Crippen LogP contribution in [0.4, 0.5) is 5.95 Å². The first-order chi connectivity index (χ1) is 8.11. The maximum absolute atomic E-state index is 5.74. The van der Waals surface area contributed by atoms with Crippen molar-refractivity contribution in [2.45, 2.75) is 26.9 Å². The molecule has 0 aliphatic rings. The average molecular weight is 261 g/mol. The van der Waals surface area contributed by atoms with Gasteiger partial charge in [-0.15, -0.1) is 0 Å². The summed E-state index contributed by atoms with van der Waals surface area (Å²) in [6.45, 7) is 7.43. The van der Waals surface area contributed by atoms with E-state index in [2.05, 4.69) is 20.3 Å². The Morgan fingerprint density at radius 2 is 2.00 bits per heavy atom. The van der Waals surface area contributed by atoms with Gasteiger partial charge >= 0.3 is 6.01 Å². The van der Waals surface area contributed by atoms with E-state index >= 15 is 0 Å². The summed E-state index contributed by atoms with van der Waals surface area (Å²) in [5.41, 5.74) is 0. The molecule has 0 spiro atoms. The fourth-order valence-electron chi connectivity index (χ4n) is 1.05. The Balaban J connectivity index is 2.46. The van der Waals surface area contributed by atoms with Crippen molar-refractivity contribution in [1.29, 1.82) is 0 Å². The van der Waals surface area contributed by atoms with Gasteiger partial charge in [0.1, 0.15) is 6.61 Å². The highest BCUT2D eigenvalue weighted by molar-refractivity contribution is 6.28. The van der Waals surface area contributed by atoms with E-state index in [0.29, 0.717) is 25.7 Å². The summed E-state index contributed by atoms with van der Waals surface area (Å²) in [6, 6.07) is 0.202. The molecule has 0 aromatic carbocycles. The third-order valence-electron chi connectivity index (χ3n) is 1.69. The van der Waals surface area contributed by atoms with Gasteiger partial charge in [-0.25, -0.2) is 0 Å². The van der Waals surface area contributed by atoms with Crippen molar-refractivity contribution in [1.82, 2.24) is 15.0 Å². The third kappa shape index (κ3) is 5.65. The van der Waals surface area contributed by atoms with Crippen LogP contribution in [0.1, 0.15) is 20.8 Å². The van der Waals surface area contributed by atoms with Crippen LogP contribution in [0.15, 0.2) is 0 Å². The monoisotopic (exact) mass is 260 g/mol. The van der Waals surface area contributed by atoms with Crippen LogP contribution in [0, 0.1) is 0 Å². The van der Waals surface area contributed by atoms with Crippen molar-refractivity contribution in [3.05, 3.63) is 5.28 Å². The number of halogens is 1. The lowest BCUT2D eigenvalue weighted by molar-refractivity contribution is 0.0531. The van der Waals surface area contributed by atoms with Gasteiger partial charge in [0.05, 0.1) is 12.7 Å². The zero-order valence-electron chi connectivity index (χ0n) is 10.2. The van der Waals surface area contributed by atoms with Gasteiger partial charge in [-0.2, -0.15) is 15.0 Å². The van der Waals surface area contributed by atoms with Crippen LogP contribution in [0.3, 0.4) is 0 Å². The molecule has 7 heteroatoms. The Morgan fingerprint density at radius 3 is 2.65 bits per heavy atom. The highest BCUT2D eigenvalue weighted by atomic mass is 35.5. The molecule has 0 saturated heterocycles. The molecule has 0 atom stereocenters. The van der Waals surface area contributed by atoms with Crippen molar-refractivity contribution in [2.75, 3.05) is 25.1 Å². The van der Waals surface area contributed by atoms with Crippen molar-refractivity contribution < 1.29 is 9.47 Å². The molecule has 1 rings (SSSR count).